The van der Waals surface area contributed by atoms with Gasteiger partial charge in [-0.25, -0.2) is 0 Å². The summed E-state index contributed by atoms with van der Waals surface area (Å²) in [4.78, 5) is 36.6. The van der Waals surface area contributed by atoms with Gasteiger partial charge in [0, 0.05) is 10.5 Å². The van der Waals surface area contributed by atoms with E-state index in [1.54, 1.807) is 12.1 Å². The summed E-state index contributed by atoms with van der Waals surface area (Å²) in [6.45, 7) is 5.65. The summed E-state index contributed by atoms with van der Waals surface area (Å²) in [6, 6.07) is 13.2. The Hall–Kier alpha value is -2.80. The average molecular weight is 385 g/mol. The third kappa shape index (κ3) is 6.79. The van der Waals surface area contributed by atoms with E-state index in [9.17, 15) is 14.4 Å². The van der Waals surface area contributed by atoms with Crippen LogP contribution in [0, 0.1) is 20.8 Å². The Morgan fingerprint density at radius 3 is 2.19 bits per heavy atom. The highest BCUT2D eigenvalue weighted by atomic mass is 32.2. The van der Waals surface area contributed by atoms with Crippen LogP contribution in [-0.2, 0) is 9.59 Å². The zero-order valence-electron chi connectivity index (χ0n) is 15.6. The first kappa shape index (κ1) is 20.5. The Kier molecular flexibility index (Phi) is 7.43. The number of hydrogen-bond acceptors (Lipinski definition) is 4. The van der Waals surface area contributed by atoms with E-state index in [1.165, 1.54) is 11.8 Å². The van der Waals surface area contributed by atoms with Crippen LogP contribution in [0.4, 0.5) is 0 Å². The van der Waals surface area contributed by atoms with Crippen molar-refractivity contribution in [3.63, 3.8) is 0 Å². The number of aryl methyl sites for hydroxylation is 3. The second-order valence-corrected chi connectivity index (χ2v) is 7.23. The maximum Gasteiger partial charge on any atom is 0.257 e. The Morgan fingerprint density at radius 2 is 1.52 bits per heavy atom. The van der Waals surface area contributed by atoms with E-state index >= 15 is 0 Å². The fraction of sp³-hybridized carbons (Fsp3) is 0.250. The van der Waals surface area contributed by atoms with Gasteiger partial charge in [0.25, 0.3) is 11.8 Å². The van der Waals surface area contributed by atoms with Crippen LogP contribution in [0.25, 0.3) is 0 Å². The first-order chi connectivity index (χ1) is 12.8. The SMILES string of the molecule is Cc1ccc(SCC(=O)NNC(=O)CNC(=O)c2ccc(C)c(C)c2)cc1. The number of hydrogen-bond donors (Lipinski definition) is 3. The van der Waals surface area contributed by atoms with Crippen molar-refractivity contribution in [1.29, 1.82) is 0 Å². The molecule has 0 aliphatic carbocycles. The maximum atomic E-state index is 12.1. The molecule has 3 N–H and O–H groups in total. The van der Waals surface area contributed by atoms with E-state index in [2.05, 4.69) is 16.2 Å². The summed E-state index contributed by atoms with van der Waals surface area (Å²) in [7, 11) is 0. The van der Waals surface area contributed by atoms with Crippen LogP contribution in [0.5, 0.6) is 0 Å². The normalized spacial score (nSPS) is 10.2. The average Bonchev–Trinajstić information content (AvgIpc) is 2.66. The zero-order valence-corrected chi connectivity index (χ0v) is 16.4. The molecule has 0 radical (unpaired) electrons. The Morgan fingerprint density at radius 1 is 0.852 bits per heavy atom. The van der Waals surface area contributed by atoms with E-state index < -0.39 is 5.91 Å². The molecule has 6 nitrogen and oxygen atoms in total. The minimum Gasteiger partial charge on any atom is -0.343 e. The second kappa shape index (κ2) is 9.78. The summed E-state index contributed by atoms with van der Waals surface area (Å²) in [5.74, 6) is -0.983. The molecule has 0 aromatic heterocycles. The van der Waals surface area contributed by atoms with Gasteiger partial charge in [-0.2, -0.15) is 0 Å². The first-order valence-electron chi connectivity index (χ1n) is 8.48. The van der Waals surface area contributed by atoms with E-state index in [4.69, 9.17) is 0 Å². The van der Waals surface area contributed by atoms with E-state index in [-0.39, 0.29) is 24.1 Å². The maximum absolute atomic E-state index is 12.1. The van der Waals surface area contributed by atoms with Gasteiger partial charge in [-0.05, 0) is 56.2 Å². The third-order valence-electron chi connectivity index (χ3n) is 3.91. The number of amides is 3. The largest absolute Gasteiger partial charge is 0.343 e. The molecule has 7 heteroatoms. The molecule has 2 aromatic carbocycles. The summed E-state index contributed by atoms with van der Waals surface area (Å²) in [5, 5.41) is 2.52. The lowest BCUT2D eigenvalue weighted by atomic mass is 10.1. The highest BCUT2D eigenvalue weighted by Crippen LogP contribution is 2.17. The topological polar surface area (TPSA) is 87.3 Å². The fourth-order valence-corrected chi connectivity index (χ4v) is 2.85. The van der Waals surface area contributed by atoms with Crippen molar-refractivity contribution >= 4 is 29.5 Å². The van der Waals surface area contributed by atoms with Gasteiger partial charge in [-0.3, -0.25) is 25.2 Å². The van der Waals surface area contributed by atoms with Gasteiger partial charge in [0.2, 0.25) is 5.91 Å². The number of carbonyl (C=O) groups excluding carboxylic acids is 3. The van der Waals surface area contributed by atoms with Crippen molar-refractivity contribution in [3.8, 4) is 0 Å². The molecule has 0 spiro atoms. The number of carbonyl (C=O) groups is 3. The van der Waals surface area contributed by atoms with Crippen molar-refractivity contribution in [2.45, 2.75) is 25.7 Å². The third-order valence-corrected chi connectivity index (χ3v) is 4.92. The van der Waals surface area contributed by atoms with Crippen molar-refractivity contribution in [3.05, 3.63) is 64.7 Å². The highest BCUT2D eigenvalue weighted by molar-refractivity contribution is 8.00. The smallest absolute Gasteiger partial charge is 0.257 e. The quantitative estimate of drug-likeness (QED) is 0.526. The Labute approximate surface area is 163 Å². The van der Waals surface area contributed by atoms with Gasteiger partial charge in [0.05, 0.1) is 12.3 Å². The van der Waals surface area contributed by atoms with Crippen LogP contribution in [0.3, 0.4) is 0 Å². The lowest BCUT2D eigenvalue weighted by molar-refractivity contribution is -0.127. The van der Waals surface area contributed by atoms with Gasteiger partial charge in [-0.1, -0.05) is 23.8 Å². The molecule has 2 rings (SSSR count). The predicted molar refractivity (Wildman–Crippen MR) is 106 cm³/mol. The molecule has 142 valence electrons. The predicted octanol–water partition coefficient (Wildman–Crippen LogP) is 2.28. The second-order valence-electron chi connectivity index (χ2n) is 6.18. The number of nitrogens with one attached hydrogen (secondary N) is 3. The van der Waals surface area contributed by atoms with E-state index in [1.807, 2.05) is 51.1 Å². The van der Waals surface area contributed by atoms with Crippen LogP contribution in [0.2, 0.25) is 0 Å². The van der Waals surface area contributed by atoms with Crippen LogP contribution < -0.4 is 16.2 Å². The summed E-state index contributed by atoms with van der Waals surface area (Å²) in [5.41, 5.74) is 8.36. The number of rotatable bonds is 6. The molecule has 0 atom stereocenters. The van der Waals surface area contributed by atoms with Gasteiger partial charge in [0.1, 0.15) is 0 Å². The van der Waals surface area contributed by atoms with Crippen molar-refractivity contribution in [1.82, 2.24) is 16.2 Å². The van der Waals surface area contributed by atoms with Gasteiger partial charge < -0.3 is 5.32 Å². The zero-order chi connectivity index (χ0) is 19.8. The highest BCUT2D eigenvalue weighted by Gasteiger charge is 2.10. The standard InChI is InChI=1S/C20H23N3O3S/c1-13-4-8-17(9-5-13)27-12-19(25)23-22-18(24)11-21-20(26)16-7-6-14(2)15(3)10-16/h4-10H,11-12H2,1-3H3,(H,21,26)(H,22,24)(H,23,25). The van der Waals surface area contributed by atoms with Crippen molar-refractivity contribution in [2.24, 2.45) is 0 Å². The summed E-state index contributed by atoms with van der Waals surface area (Å²) >= 11 is 1.37. The van der Waals surface area contributed by atoms with Gasteiger partial charge in [0.15, 0.2) is 0 Å². The molecular weight excluding hydrogens is 362 g/mol. The van der Waals surface area contributed by atoms with Crippen molar-refractivity contribution in [2.75, 3.05) is 12.3 Å². The summed E-state index contributed by atoms with van der Waals surface area (Å²) in [6.07, 6.45) is 0. The lowest BCUT2D eigenvalue weighted by Crippen LogP contribution is -2.46. The Bertz CT molecular complexity index is 835. The molecule has 0 unspecified atom stereocenters. The number of benzene rings is 2. The number of thioether (sulfide) groups is 1. The molecule has 0 saturated heterocycles. The van der Waals surface area contributed by atoms with Crippen LogP contribution in [0.1, 0.15) is 27.0 Å². The van der Waals surface area contributed by atoms with Gasteiger partial charge >= 0.3 is 0 Å². The van der Waals surface area contributed by atoms with E-state index in [0.29, 0.717) is 5.56 Å². The molecular formula is C20H23N3O3S. The molecule has 0 saturated carbocycles. The molecule has 27 heavy (non-hydrogen) atoms. The minimum absolute atomic E-state index is 0.179. The first-order valence-corrected chi connectivity index (χ1v) is 9.46. The molecule has 0 bridgehead atoms. The van der Waals surface area contributed by atoms with E-state index in [0.717, 1.165) is 21.6 Å². The number of hydrazine groups is 1. The Balaban J connectivity index is 1.69. The molecule has 0 aliphatic rings. The lowest BCUT2D eigenvalue weighted by Gasteiger charge is -2.09. The molecule has 2 aromatic rings. The molecule has 0 fully saturated rings. The molecule has 0 heterocycles. The molecule has 0 aliphatic heterocycles. The van der Waals surface area contributed by atoms with Crippen LogP contribution in [0.15, 0.2) is 47.4 Å². The van der Waals surface area contributed by atoms with Gasteiger partial charge in [-0.15, -0.1) is 11.8 Å². The minimum atomic E-state index is -0.499. The monoisotopic (exact) mass is 385 g/mol. The van der Waals surface area contributed by atoms with Crippen LogP contribution >= 0.6 is 11.8 Å². The molecule has 3 amide bonds. The fourth-order valence-electron chi connectivity index (χ4n) is 2.15. The van der Waals surface area contributed by atoms with Crippen molar-refractivity contribution < 1.29 is 14.4 Å². The van der Waals surface area contributed by atoms with Crippen LogP contribution in [-0.4, -0.2) is 30.0 Å². The summed E-state index contributed by atoms with van der Waals surface area (Å²) < 4.78 is 0.